The molecule has 0 saturated heterocycles. The predicted molar refractivity (Wildman–Crippen MR) is 89.6 cm³/mol. The normalized spacial score (nSPS) is 26.4. The first kappa shape index (κ1) is 17.3. The number of aromatic nitrogens is 1. The van der Waals surface area contributed by atoms with Gasteiger partial charge in [-0.3, -0.25) is 4.79 Å². The molecule has 0 aliphatic heterocycles. The van der Waals surface area contributed by atoms with Crippen molar-refractivity contribution in [3.8, 4) is 11.5 Å². The minimum absolute atomic E-state index is 0.000727. The molecule has 1 aliphatic carbocycles. The summed E-state index contributed by atoms with van der Waals surface area (Å²) >= 11 is 0. The molecule has 5 nitrogen and oxygen atoms in total. The molecule has 1 aromatic rings. The summed E-state index contributed by atoms with van der Waals surface area (Å²) in [5, 5.41) is 13.2. The smallest absolute Gasteiger partial charge is 0.274 e. The number of amides is 1. The SMILES string of the molecule is COc1ccnc(C(=O)NC2CC(C)(C)C=C[C@H](C)[C@H]2C)c1O. The molecule has 1 aliphatic rings. The van der Waals surface area contributed by atoms with Gasteiger partial charge in [0.25, 0.3) is 5.91 Å². The van der Waals surface area contributed by atoms with Gasteiger partial charge in [0, 0.05) is 18.3 Å². The van der Waals surface area contributed by atoms with E-state index in [4.69, 9.17) is 4.74 Å². The lowest BCUT2D eigenvalue weighted by Gasteiger charge is -2.30. The van der Waals surface area contributed by atoms with Gasteiger partial charge >= 0.3 is 0 Å². The highest BCUT2D eigenvalue weighted by Crippen LogP contribution is 2.35. The van der Waals surface area contributed by atoms with E-state index in [0.717, 1.165) is 6.42 Å². The summed E-state index contributed by atoms with van der Waals surface area (Å²) in [4.78, 5) is 16.6. The van der Waals surface area contributed by atoms with Crippen molar-refractivity contribution in [1.29, 1.82) is 0 Å². The van der Waals surface area contributed by atoms with E-state index in [0.29, 0.717) is 11.8 Å². The van der Waals surface area contributed by atoms with Gasteiger partial charge in [-0.25, -0.2) is 4.98 Å². The van der Waals surface area contributed by atoms with Gasteiger partial charge in [-0.05, 0) is 23.7 Å². The first-order chi connectivity index (χ1) is 10.7. The summed E-state index contributed by atoms with van der Waals surface area (Å²) in [6.07, 6.45) is 6.74. The second-order valence-electron chi connectivity index (χ2n) is 7.06. The summed E-state index contributed by atoms with van der Waals surface area (Å²) in [6.45, 7) is 8.62. The Labute approximate surface area is 137 Å². The zero-order valence-corrected chi connectivity index (χ0v) is 14.5. The van der Waals surface area contributed by atoms with Crippen LogP contribution in [0.15, 0.2) is 24.4 Å². The van der Waals surface area contributed by atoms with Gasteiger partial charge in [0.05, 0.1) is 7.11 Å². The first-order valence-electron chi connectivity index (χ1n) is 7.97. The Morgan fingerprint density at radius 3 is 2.78 bits per heavy atom. The standard InChI is InChI=1S/C18H26N2O3/c1-11-6-8-18(3,4)10-13(12(11)2)20-17(22)15-16(21)14(23-5)7-9-19-15/h6-9,11-13,21H,10H2,1-5H3,(H,20,22)/t11-,12+,13?/m0/s1. The van der Waals surface area contributed by atoms with E-state index < -0.39 is 0 Å². The number of rotatable bonds is 3. The third-order valence-corrected chi connectivity index (χ3v) is 4.70. The maximum atomic E-state index is 12.6. The second kappa shape index (κ2) is 6.60. The fourth-order valence-electron chi connectivity index (χ4n) is 2.96. The number of nitrogens with one attached hydrogen (secondary N) is 1. The number of carbonyl (C=O) groups excluding carboxylic acids is 1. The summed E-state index contributed by atoms with van der Waals surface area (Å²) < 4.78 is 5.04. The van der Waals surface area contributed by atoms with E-state index in [9.17, 15) is 9.90 Å². The molecule has 0 radical (unpaired) electrons. The van der Waals surface area contributed by atoms with Gasteiger partial charge in [0.1, 0.15) is 0 Å². The van der Waals surface area contributed by atoms with Crippen LogP contribution in [0, 0.1) is 17.3 Å². The zero-order valence-electron chi connectivity index (χ0n) is 14.5. The Bertz CT molecular complexity index is 610. The number of ether oxygens (including phenoxy) is 1. The molecule has 2 N–H and O–H groups in total. The number of carbonyl (C=O) groups is 1. The van der Waals surface area contributed by atoms with E-state index in [1.807, 2.05) is 0 Å². The summed E-state index contributed by atoms with van der Waals surface area (Å²) in [5.74, 6) is 0.315. The zero-order chi connectivity index (χ0) is 17.2. The Hall–Kier alpha value is -2.04. The lowest BCUT2D eigenvalue weighted by atomic mass is 9.82. The molecule has 0 bridgehead atoms. The van der Waals surface area contributed by atoms with Crippen molar-refractivity contribution in [3.63, 3.8) is 0 Å². The van der Waals surface area contributed by atoms with Crippen LogP contribution in [0.2, 0.25) is 0 Å². The molecule has 23 heavy (non-hydrogen) atoms. The maximum Gasteiger partial charge on any atom is 0.274 e. The van der Waals surface area contributed by atoms with Crippen molar-refractivity contribution in [2.75, 3.05) is 7.11 Å². The Morgan fingerprint density at radius 1 is 1.43 bits per heavy atom. The van der Waals surface area contributed by atoms with Crippen LogP contribution in [0.1, 0.15) is 44.6 Å². The molecule has 126 valence electrons. The summed E-state index contributed by atoms with van der Waals surface area (Å²) in [6, 6.07) is 1.53. The van der Waals surface area contributed by atoms with Crippen LogP contribution < -0.4 is 10.1 Å². The average Bonchev–Trinajstić information content (AvgIpc) is 2.59. The summed E-state index contributed by atoms with van der Waals surface area (Å²) in [7, 11) is 1.44. The van der Waals surface area contributed by atoms with Crippen molar-refractivity contribution in [2.24, 2.45) is 17.3 Å². The minimum Gasteiger partial charge on any atom is -0.503 e. The number of allylic oxidation sites excluding steroid dienone is 2. The van der Waals surface area contributed by atoms with Gasteiger partial charge < -0.3 is 15.2 Å². The summed E-state index contributed by atoms with van der Waals surface area (Å²) in [5.41, 5.74) is 0.0140. The van der Waals surface area contributed by atoms with Crippen LogP contribution in [0.5, 0.6) is 11.5 Å². The lowest BCUT2D eigenvalue weighted by Crippen LogP contribution is -2.42. The van der Waals surface area contributed by atoms with Crippen LogP contribution in [0.4, 0.5) is 0 Å². The van der Waals surface area contributed by atoms with Crippen molar-refractivity contribution in [1.82, 2.24) is 10.3 Å². The number of methoxy groups -OCH3 is 1. The number of hydrogen-bond donors (Lipinski definition) is 2. The van der Waals surface area contributed by atoms with Crippen molar-refractivity contribution >= 4 is 5.91 Å². The van der Waals surface area contributed by atoms with Gasteiger partial charge in [-0.1, -0.05) is 39.8 Å². The third-order valence-electron chi connectivity index (χ3n) is 4.70. The maximum absolute atomic E-state index is 12.6. The van der Waals surface area contributed by atoms with E-state index in [2.05, 4.69) is 50.1 Å². The van der Waals surface area contributed by atoms with Crippen molar-refractivity contribution in [3.05, 3.63) is 30.1 Å². The van der Waals surface area contributed by atoms with Gasteiger partial charge in [-0.2, -0.15) is 0 Å². The third kappa shape index (κ3) is 3.84. The van der Waals surface area contributed by atoms with E-state index >= 15 is 0 Å². The largest absolute Gasteiger partial charge is 0.503 e. The van der Waals surface area contributed by atoms with Crippen LogP contribution in [-0.4, -0.2) is 29.1 Å². The highest BCUT2D eigenvalue weighted by atomic mass is 16.5. The molecule has 1 amide bonds. The van der Waals surface area contributed by atoms with Crippen molar-refractivity contribution < 1.29 is 14.6 Å². The van der Waals surface area contributed by atoms with Crippen LogP contribution in [0.25, 0.3) is 0 Å². The molecule has 0 spiro atoms. The highest BCUT2D eigenvalue weighted by molar-refractivity contribution is 5.95. The second-order valence-corrected chi connectivity index (χ2v) is 7.06. The fraction of sp³-hybridized carbons (Fsp3) is 0.556. The lowest BCUT2D eigenvalue weighted by molar-refractivity contribution is 0.0898. The van der Waals surface area contributed by atoms with Gasteiger partial charge in [0.2, 0.25) is 0 Å². The number of hydrogen-bond acceptors (Lipinski definition) is 4. The molecule has 1 heterocycles. The first-order valence-corrected chi connectivity index (χ1v) is 7.97. The molecule has 0 aromatic carbocycles. The Kier molecular flexibility index (Phi) is 4.97. The quantitative estimate of drug-likeness (QED) is 0.840. The van der Waals surface area contributed by atoms with Crippen LogP contribution in [0.3, 0.4) is 0 Å². The Morgan fingerprint density at radius 2 is 2.13 bits per heavy atom. The number of nitrogens with zero attached hydrogens (tertiary/aromatic N) is 1. The molecule has 1 unspecified atom stereocenters. The molecule has 3 atom stereocenters. The predicted octanol–water partition coefficient (Wildman–Crippen LogP) is 3.15. The highest BCUT2D eigenvalue weighted by Gasteiger charge is 2.32. The molecule has 2 rings (SSSR count). The van der Waals surface area contributed by atoms with Gasteiger partial charge in [-0.15, -0.1) is 0 Å². The Balaban J connectivity index is 2.22. The molecular weight excluding hydrogens is 292 g/mol. The molecular formula is C18H26N2O3. The molecule has 0 saturated carbocycles. The minimum atomic E-state index is -0.372. The van der Waals surface area contributed by atoms with E-state index in [-0.39, 0.29) is 34.6 Å². The van der Waals surface area contributed by atoms with Crippen LogP contribution >= 0.6 is 0 Å². The molecule has 0 fully saturated rings. The number of aromatic hydroxyl groups is 1. The monoisotopic (exact) mass is 318 g/mol. The van der Waals surface area contributed by atoms with Crippen LogP contribution in [-0.2, 0) is 0 Å². The fourth-order valence-corrected chi connectivity index (χ4v) is 2.96. The molecule has 5 heteroatoms. The van der Waals surface area contributed by atoms with Gasteiger partial charge in [0.15, 0.2) is 17.2 Å². The van der Waals surface area contributed by atoms with E-state index in [1.54, 1.807) is 0 Å². The topological polar surface area (TPSA) is 71.5 Å². The van der Waals surface area contributed by atoms with Crippen molar-refractivity contribution in [2.45, 2.75) is 40.2 Å². The average molecular weight is 318 g/mol. The number of pyridine rings is 1. The molecule has 1 aromatic heterocycles. The van der Waals surface area contributed by atoms with E-state index in [1.165, 1.54) is 19.4 Å².